The molecule has 0 aliphatic carbocycles. The van der Waals surface area contributed by atoms with E-state index in [2.05, 4.69) is 53.2 Å². The van der Waals surface area contributed by atoms with Crippen LogP contribution < -0.4 is 33.1 Å². The Kier molecular flexibility index (Phi) is 37.6. The molecule has 4 radical (unpaired) electrons. The molecule has 0 saturated carbocycles. The van der Waals surface area contributed by atoms with Gasteiger partial charge in [0.05, 0.1) is 0 Å². The quantitative estimate of drug-likeness (QED) is 0.0627. The molecule has 0 amide bonds. The van der Waals surface area contributed by atoms with Crippen molar-refractivity contribution in [2.75, 3.05) is 71.2 Å². The van der Waals surface area contributed by atoms with Gasteiger partial charge in [-0.05, 0) is 6.92 Å². The van der Waals surface area contributed by atoms with Gasteiger partial charge in [0.2, 0.25) is 0 Å². The molecule has 0 spiro atoms. The number of H-pyrrole nitrogens is 1. The molecular weight excluding hydrogens is 2270 g/mol. The van der Waals surface area contributed by atoms with Crippen LogP contribution in [0.25, 0.3) is 22.3 Å². The van der Waals surface area contributed by atoms with Crippen LogP contribution >= 0.6 is 23.1 Å². The monoisotopic (exact) mass is 2340 g/mol. The molecule has 10 heterocycles. The van der Waals surface area contributed by atoms with Crippen LogP contribution in [-0.4, -0.2) is 165 Å². The molecule has 10 rings (SSSR count). The summed E-state index contributed by atoms with van der Waals surface area (Å²) in [5.74, 6) is -1.72. The van der Waals surface area contributed by atoms with Crippen molar-refractivity contribution in [1.29, 1.82) is 0 Å². The van der Waals surface area contributed by atoms with Crippen molar-refractivity contribution >= 4 is 57.1 Å². The molecule has 4 unspecified atom stereocenters. The van der Waals surface area contributed by atoms with Crippen LogP contribution in [0.3, 0.4) is 0 Å². The fourth-order valence-electron chi connectivity index (χ4n) is 9.99. The van der Waals surface area contributed by atoms with Crippen molar-refractivity contribution in [1.82, 2.24) is 58.1 Å². The van der Waals surface area contributed by atoms with E-state index in [0.717, 1.165) is 9.13 Å². The number of hydrogen-bond acceptors (Lipinski definition) is 21. The topological polar surface area (TPSA) is 312 Å². The maximum Gasteiger partial charge on any atom is 0 e. The molecule has 42 heteroatoms. The van der Waals surface area contributed by atoms with Gasteiger partial charge in [0.15, 0.2) is 0 Å². The number of nitrogen functional groups attached to an aromatic ring is 2. The van der Waals surface area contributed by atoms with Gasteiger partial charge in [-0.3, -0.25) is 0 Å². The largest absolute Gasteiger partial charge is 0 e. The molecular formula is C49H72F4N14O12P4W4Y4. The first-order chi connectivity index (χ1) is 40.8. The van der Waals surface area contributed by atoms with Crippen molar-refractivity contribution in [2.45, 2.75) is 139 Å². The zero-order valence-corrected chi connectivity index (χ0v) is 78.5. The second kappa shape index (κ2) is 39.1. The predicted molar refractivity (Wildman–Crippen MR) is 308 cm³/mol. The molecule has 6 aromatic heterocycles. The van der Waals surface area contributed by atoms with E-state index in [9.17, 15) is 27.6 Å². The first-order valence-electron chi connectivity index (χ1n) is 27.1. The SMILES string of the molecule is CCOc1nc(C)nc2c1ncn2[C@@H]1O[C@H](CO[PH](C)=[W])C[C@@]1(C)F.C[PH](=[W])OC[C@@H]1C[C@@](C)(F)[C@H](n2ccc(=O)[nH]c2=O)O1.C[PH](=[W])OC[C@@H]1C[C@@](C)(F)[C@H](n2ccc(N)nc2=O)O1.C[PH](=[W])OC[C@@H]1C[C@@](C)(F)[C@H](n2cnc3c(N)ncnc32)O1.[Y].[Y].[Y].[Y]. The number of nitrogens with two attached hydrogens (primary N) is 2. The van der Waals surface area contributed by atoms with Crippen LogP contribution in [0.5, 0.6) is 5.88 Å². The Labute approximate surface area is 668 Å². The normalized spacial score (nSPS) is 28.6. The second-order valence-corrected chi connectivity index (χ2v) is 51.4. The summed E-state index contributed by atoms with van der Waals surface area (Å²) in [5, 5.41) is 0. The van der Waals surface area contributed by atoms with Gasteiger partial charge in [0.25, 0.3) is 0 Å². The van der Waals surface area contributed by atoms with E-state index < -0.39 is 87.7 Å². The number of hydrogen-bond donors (Lipinski definition) is 3. The summed E-state index contributed by atoms with van der Waals surface area (Å²) >= 11 is 5.67. The molecule has 6 aromatic rings. The summed E-state index contributed by atoms with van der Waals surface area (Å²) in [6.45, 7) is 19.8. The van der Waals surface area contributed by atoms with Gasteiger partial charge in [-0.1, -0.05) is 0 Å². The Morgan fingerprint density at radius 3 is 1.38 bits per heavy atom. The summed E-state index contributed by atoms with van der Waals surface area (Å²) in [4.78, 5) is 65.5. The van der Waals surface area contributed by atoms with Gasteiger partial charge in [-0.2, -0.15) is 0 Å². The van der Waals surface area contributed by atoms with Crippen LogP contribution in [-0.2, 0) is 243 Å². The zero-order valence-electron chi connectivity index (χ0n) is 51.5. The van der Waals surface area contributed by atoms with Crippen LogP contribution in [0, 0.1) is 6.92 Å². The number of fused-ring (bicyclic) bond motifs is 2. The molecule has 4 fully saturated rings. The first kappa shape index (κ1) is 87.6. The van der Waals surface area contributed by atoms with Gasteiger partial charge in [0.1, 0.15) is 0 Å². The number of ether oxygens (including phenoxy) is 5. The van der Waals surface area contributed by atoms with Crippen molar-refractivity contribution in [3.8, 4) is 5.88 Å². The van der Waals surface area contributed by atoms with Crippen molar-refractivity contribution in [2.24, 2.45) is 0 Å². The van der Waals surface area contributed by atoms with Gasteiger partial charge in [-0.25, -0.2) is 0 Å². The molecule has 4 aliphatic rings. The van der Waals surface area contributed by atoms with E-state index in [4.69, 9.17) is 53.2 Å². The standard InChI is InChI=1S/C15H22FN4O3P.C12H17FN5O2P.C11H17FN3O3P.C11H16FN2O4P.4W.4Y/c1-5-21-13-11-12(18-9(2)19-13)20(8-17-11)14-15(3,16)6-10(23-14)7-22-24-4;1-12(13)3-7(4-19-21-2)20-11(12)18-6-17-8-9(14)15-5-16-10(8)18;1-11(12)5-7(6-17-19-2)18-9(11)15-4-3-8(13)14-10(15)16;1-11(12)5-7(6-17-19-2)18-9(11)14-4-3-8(15)13-10(14)16;;;;;;;;/h8,10,14,24H,5-7H2,1-4H3;5-7,11,21H,3-4H2,1-2H3,(H2,14,15,16);3-4,7,9,19H,5-6H2,1-2H3,(H2,13,14,16);3-4,7,9,19H,5-6H2,1-2H3,(H,13,15,16);;;;;;;;/t10-,14+,15+;7-,11+,12+;2*7-,9+,11+;;;;;;;;/m0000......../s1. The van der Waals surface area contributed by atoms with Crippen LogP contribution in [0.15, 0.2) is 57.9 Å². The van der Waals surface area contributed by atoms with Gasteiger partial charge in [0, 0.05) is 131 Å². The minimum Gasteiger partial charge on any atom is 0 e. The average molecular weight is 2340 g/mol. The second-order valence-electron chi connectivity index (χ2n) is 21.6. The molecule has 16 atom stereocenters. The van der Waals surface area contributed by atoms with Crippen LogP contribution in [0.1, 0.15) is 91.0 Å². The Morgan fingerprint density at radius 2 is 0.978 bits per heavy atom. The summed E-state index contributed by atoms with van der Waals surface area (Å²) < 4.78 is 116. The minimum absolute atomic E-state index is 0. The molecule has 494 valence electrons. The van der Waals surface area contributed by atoms with Crippen molar-refractivity contribution in [3.05, 3.63) is 80.7 Å². The van der Waals surface area contributed by atoms with Gasteiger partial charge in [-0.15, -0.1) is 0 Å². The number of aromatic nitrogens is 12. The van der Waals surface area contributed by atoms with E-state index in [0.29, 0.717) is 67.1 Å². The Hall–Kier alpha value is 2.35. The van der Waals surface area contributed by atoms with Crippen molar-refractivity contribution in [3.63, 3.8) is 0 Å². The number of rotatable bonds is 18. The summed E-state index contributed by atoms with van der Waals surface area (Å²) in [7, 11) is 0. The molecule has 91 heavy (non-hydrogen) atoms. The number of halogens is 4. The average Bonchev–Trinajstić information content (AvgIpc) is 1.75. The summed E-state index contributed by atoms with van der Waals surface area (Å²) in [5.41, 5.74) is 4.98. The van der Waals surface area contributed by atoms with E-state index in [1.165, 1.54) is 133 Å². The van der Waals surface area contributed by atoms with E-state index >= 15 is 4.39 Å². The number of nitrogens with one attached hydrogen (secondary N) is 1. The molecule has 5 N–H and O–H groups in total. The number of anilines is 2. The van der Waals surface area contributed by atoms with Crippen molar-refractivity contribution < 1.29 is 265 Å². The van der Waals surface area contributed by atoms with E-state index in [1.54, 1.807) is 29.3 Å². The third-order valence-corrected chi connectivity index (χ3v) is 21.0. The summed E-state index contributed by atoms with van der Waals surface area (Å²) in [6, 6.07) is 2.63. The van der Waals surface area contributed by atoms with E-state index in [1.807, 2.05) is 20.3 Å². The Morgan fingerprint density at radius 1 is 0.582 bits per heavy atom. The zero-order chi connectivity index (χ0) is 63.9. The molecule has 0 aromatic carbocycles. The van der Waals surface area contributed by atoms with Crippen LogP contribution in [0.2, 0.25) is 0 Å². The third-order valence-electron chi connectivity index (χ3n) is 13.6. The van der Waals surface area contributed by atoms with Crippen LogP contribution in [0.4, 0.5) is 29.2 Å². The number of imidazole rings is 2. The summed E-state index contributed by atoms with van der Waals surface area (Å²) in [6.07, 6.45) is 3.07. The fraction of sp³-hybridized carbons (Fsp3) is 0.633. The molecule has 0 bridgehead atoms. The maximum absolute atomic E-state index is 15.2. The minimum atomic E-state index is -1.68. The predicted octanol–water partition coefficient (Wildman–Crippen LogP) is 6.31. The number of aryl methyl sites for hydroxylation is 1. The van der Waals surface area contributed by atoms with Gasteiger partial charge >= 0.3 is 540 Å². The Balaban J connectivity index is 0.000000314. The number of aromatic amines is 1. The molecule has 26 nitrogen and oxygen atoms in total. The van der Waals surface area contributed by atoms with E-state index in [-0.39, 0.29) is 193 Å². The first-order valence-corrected chi connectivity index (χ1v) is 52.0. The van der Waals surface area contributed by atoms with Gasteiger partial charge < -0.3 is 0 Å². The molecule has 4 aliphatic heterocycles. The fourth-order valence-corrected chi connectivity index (χ4v) is 14.6. The smallest absolute Gasteiger partial charge is 0 e. The number of nitrogens with zero attached hydrogens (tertiary/aromatic N) is 11. The Bertz CT molecular complexity index is 3690. The number of alkyl halides is 4. The third kappa shape index (κ3) is 24.5. The maximum atomic E-state index is 15.2. The molecule has 4 saturated heterocycles.